The molecular weight excluding hydrogens is 528 g/mol. The molecule has 0 unspecified atom stereocenters. The number of anilines is 1. The first-order valence-electron chi connectivity index (χ1n) is 10.8. The molecule has 36 heavy (non-hydrogen) atoms. The third kappa shape index (κ3) is 4.29. The molecule has 3 aromatic carbocycles. The van der Waals surface area contributed by atoms with E-state index in [1.54, 1.807) is 42.6 Å². The van der Waals surface area contributed by atoms with Gasteiger partial charge in [0.15, 0.2) is 0 Å². The minimum absolute atomic E-state index is 0.00604. The number of para-hydroxylation sites is 1. The molecule has 0 aliphatic carbocycles. The van der Waals surface area contributed by atoms with Crippen molar-refractivity contribution in [3.8, 4) is 0 Å². The lowest BCUT2D eigenvalue weighted by Gasteiger charge is -2.26. The molecule has 4 aromatic rings. The first kappa shape index (κ1) is 23.2. The normalized spacial score (nSPS) is 15.0. The van der Waals surface area contributed by atoms with E-state index in [2.05, 4.69) is 21.2 Å². The smallest absolute Gasteiger partial charge is 0.335 e. The fourth-order valence-corrected chi connectivity index (χ4v) is 4.39. The van der Waals surface area contributed by atoms with Gasteiger partial charge in [-0.2, -0.15) is 0 Å². The van der Waals surface area contributed by atoms with Crippen LogP contribution < -0.4 is 10.2 Å². The number of nitro benzene ring substituents is 1. The number of amides is 4. The number of urea groups is 1. The number of hydrogen-bond donors (Lipinski definition) is 1. The maximum atomic E-state index is 13.3. The molecule has 0 atom stereocenters. The van der Waals surface area contributed by atoms with Crippen molar-refractivity contribution in [1.29, 1.82) is 0 Å². The largest absolute Gasteiger partial charge is 0.342 e. The average molecular weight is 545 g/mol. The summed E-state index contributed by atoms with van der Waals surface area (Å²) < 4.78 is 2.67. The molecule has 2 heterocycles. The van der Waals surface area contributed by atoms with Crippen LogP contribution in [0, 0.1) is 10.1 Å². The predicted octanol–water partition coefficient (Wildman–Crippen LogP) is 5.03. The molecule has 10 heteroatoms. The van der Waals surface area contributed by atoms with Crippen LogP contribution >= 0.6 is 15.9 Å². The standard InChI is InChI=1S/C26H17BrN4O5/c27-18-8-10-19(11-9-18)30-25(33)22(24(32)28-26(30)34)13-17-15-29(23-7-2-1-6-21(17)23)14-16-4-3-5-20(12-16)31(35)36/h1-13,15H,14H2,(H,28,32,34)/b22-13+. The number of hydrogen-bond acceptors (Lipinski definition) is 5. The van der Waals surface area contributed by atoms with Crippen LogP contribution in [0.25, 0.3) is 17.0 Å². The number of nitrogens with zero attached hydrogens (tertiary/aromatic N) is 3. The highest BCUT2D eigenvalue weighted by atomic mass is 79.9. The number of barbiturate groups is 1. The van der Waals surface area contributed by atoms with Gasteiger partial charge in [-0.05, 0) is 42.0 Å². The predicted molar refractivity (Wildman–Crippen MR) is 137 cm³/mol. The van der Waals surface area contributed by atoms with Gasteiger partial charge < -0.3 is 4.57 Å². The molecule has 0 spiro atoms. The Balaban J connectivity index is 1.55. The van der Waals surface area contributed by atoms with Crippen molar-refractivity contribution in [1.82, 2.24) is 9.88 Å². The first-order valence-corrected chi connectivity index (χ1v) is 11.6. The average Bonchev–Trinajstić information content (AvgIpc) is 3.20. The SMILES string of the molecule is O=C1NC(=O)N(c2ccc(Br)cc2)C(=O)/C1=C/c1cn(Cc2cccc([N+](=O)[O-])c2)c2ccccc12. The number of rotatable bonds is 5. The Morgan fingerprint density at radius 2 is 1.72 bits per heavy atom. The van der Waals surface area contributed by atoms with Crippen LogP contribution in [0.1, 0.15) is 11.1 Å². The Morgan fingerprint density at radius 3 is 2.47 bits per heavy atom. The lowest BCUT2D eigenvalue weighted by Crippen LogP contribution is -2.54. The topological polar surface area (TPSA) is 115 Å². The highest BCUT2D eigenvalue weighted by Gasteiger charge is 2.37. The summed E-state index contributed by atoms with van der Waals surface area (Å²) in [6.07, 6.45) is 3.24. The summed E-state index contributed by atoms with van der Waals surface area (Å²) in [5.74, 6) is -1.52. The summed E-state index contributed by atoms with van der Waals surface area (Å²) in [5, 5.41) is 14.2. The summed E-state index contributed by atoms with van der Waals surface area (Å²) in [6.45, 7) is 0.342. The Hall–Kier alpha value is -4.57. The number of aromatic nitrogens is 1. The van der Waals surface area contributed by atoms with E-state index in [4.69, 9.17) is 0 Å². The number of halogens is 1. The molecule has 9 nitrogen and oxygen atoms in total. The summed E-state index contributed by atoms with van der Waals surface area (Å²) in [6, 6.07) is 19.5. The van der Waals surface area contributed by atoms with E-state index in [1.807, 2.05) is 28.8 Å². The summed E-state index contributed by atoms with van der Waals surface area (Å²) in [7, 11) is 0. The minimum atomic E-state index is -0.822. The van der Waals surface area contributed by atoms with Gasteiger partial charge in [-0.15, -0.1) is 0 Å². The number of carbonyl (C=O) groups excluding carboxylic acids is 3. The van der Waals surface area contributed by atoms with Crippen LogP contribution in [0.2, 0.25) is 0 Å². The molecule has 4 amide bonds. The van der Waals surface area contributed by atoms with Crippen molar-refractivity contribution in [3.63, 3.8) is 0 Å². The van der Waals surface area contributed by atoms with Crippen LogP contribution in [-0.4, -0.2) is 27.3 Å². The fourth-order valence-electron chi connectivity index (χ4n) is 4.12. The van der Waals surface area contributed by atoms with E-state index < -0.39 is 22.8 Å². The molecular formula is C26H17BrN4O5. The lowest BCUT2D eigenvalue weighted by molar-refractivity contribution is -0.384. The van der Waals surface area contributed by atoms with E-state index in [0.29, 0.717) is 17.8 Å². The van der Waals surface area contributed by atoms with Gasteiger partial charge in [0.25, 0.3) is 17.5 Å². The second kappa shape index (κ2) is 9.23. The van der Waals surface area contributed by atoms with E-state index in [9.17, 15) is 24.5 Å². The highest BCUT2D eigenvalue weighted by molar-refractivity contribution is 9.10. The third-order valence-electron chi connectivity index (χ3n) is 5.78. The Bertz CT molecular complexity index is 1590. The summed E-state index contributed by atoms with van der Waals surface area (Å²) in [4.78, 5) is 50.0. The zero-order valence-corrected chi connectivity index (χ0v) is 20.1. The van der Waals surface area contributed by atoms with Gasteiger partial charge in [0.2, 0.25) is 0 Å². The van der Waals surface area contributed by atoms with Crippen molar-refractivity contribution >= 4 is 62.1 Å². The van der Waals surface area contributed by atoms with Gasteiger partial charge in [0.1, 0.15) is 5.57 Å². The fraction of sp³-hybridized carbons (Fsp3) is 0.0385. The van der Waals surface area contributed by atoms with Gasteiger partial charge in [-0.25, -0.2) is 9.69 Å². The number of nitro groups is 1. The molecule has 1 aliphatic heterocycles. The molecule has 1 saturated heterocycles. The molecule has 1 aliphatic rings. The molecule has 5 rings (SSSR count). The summed E-state index contributed by atoms with van der Waals surface area (Å²) >= 11 is 3.32. The van der Waals surface area contributed by atoms with E-state index >= 15 is 0 Å². The van der Waals surface area contributed by atoms with Crippen molar-refractivity contribution in [2.24, 2.45) is 0 Å². The first-order chi connectivity index (χ1) is 17.3. The number of benzene rings is 3. The van der Waals surface area contributed by atoms with Crippen LogP contribution in [0.3, 0.4) is 0 Å². The zero-order valence-electron chi connectivity index (χ0n) is 18.6. The highest BCUT2D eigenvalue weighted by Crippen LogP contribution is 2.28. The van der Waals surface area contributed by atoms with Gasteiger partial charge in [0.05, 0.1) is 10.6 Å². The molecule has 178 valence electrons. The third-order valence-corrected chi connectivity index (χ3v) is 6.31. The van der Waals surface area contributed by atoms with Gasteiger partial charge in [-0.3, -0.25) is 25.0 Å². The quantitative estimate of drug-likeness (QED) is 0.164. The van der Waals surface area contributed by atoms with Crippen molar-refractivity contribution < 1.29 is 19.3 Å². The van der Waals surface area contributed by atoms with Crippen LogP contribution in [0.4, 0.5) is 16.2 Å². The second-order valence-corrected chi connectivity index (χ2v) is 9.01. The van der Waals surface area contributed by atoms with Crippen molar-refractivity contribution in [2.45, 2.75) is 6.54 Å². The number of carbonyl (C=O) groups is 3. The van der Waals surface area contributed by atoms with Crippen molar-refractivity contribution in [2.75, 3.05) is 4.90 Å². The van der Waals surface area contributed by atoms with Gasteiger partial charge >= 0.3 is 6.03 Å². The van der Waals surface area contributed by atoms with E-state index in [-0.39, 0.29) is 11.3 Å². The molecule has 0 radical (unpaired) electrons. The molecule has 0 saturated carbocycles. The van der Waals surface area contributed by atoms with E-state index in [1.165, 1.54) is 18.2 Å². The number of imide groups is 2. The maximum Gasteiger partial charge on any atom is 0.335 e. The van der Waals surface area contributed by atoms with Crippen LogP contribution in [-0.2, 0) is 16.1 Å². The van der Waals surface area contributed by atoms with Crippen LogP contribution in [0.15, 0.2) is 89.0 Å². The molecule has 1 N–H and O–H groups in total. The molecule has 1 fully saturated rings. The van der Waals surface area contributed by atoms with Gasteiger partial charge in [0, 0.05) is 45.8 Å². The molecule has 1 aromatic heterocycles. The van der Waals surface area contributed by atoms with Gasteiger partial charge in [-0.1, -0.05) is 46.3 Å². The maximum absolute atomic E-state index is 13.3. The Kier molecular flexibility index (Phi) is 5.95. The van der Waals surface area contributed by atoms with E-state index in [0.717, 1.165) is 25.8 Å². The monoisotopic (exact) mass is 544 g/mol. The zero-order chi connectivity index (χ0) is 25.4. The Labute approximate surface area is 212 Å². The number of nitrogens with one attached hydrogen (secondary N) is 1. The van der Waals surface area contributed by atoms with Crippen LogP contribution in [0.5, 0.6) is 0 Å². The lowest BCUT2D eigenvalue weighted by atomic mass is 10.1. The number of fused-ring (bicyclic) bond motifs is 1. The summed E-state index contributed by atoms with van der Waals surface area (Å²) in [5.41, 5.74) is 2.28. The Morgan fingerprint density at radius 1 is 0.972 bits per heavy atom. The van der Waals surface area contributed by atoms with Crippen molar-refractivity contribution in [3.05, 3.63) is 110 Å². The number of non-ortho nitro benzene ring substituents is 1. The molecule has 0 bridgehead atoms. The second-order valence-electron chi connectivity index (χ2n) is 8.09. The minimum Gasteiger partial charge on any atom is -0.342 e.